The number of nitrogens with zero attached hydrogens (tertiary/aromatic N) is 1. The molecule has 1 aromatic carbocycles. The molecule has 3 rings (SSSR count). The van der Waals surface area contributed by atoms with Gasteiger partial charge in [0.25, 0.3) is 0 Å². The summed E-state index contributed by atoms with van der Waals surface area (Å²) in [7, 11) is -3.17. The Balaban J connectivity index is 1.68. The van der Waals surface area contributed by atoms with Crippen LogP contribution in [0, 0.1) is 5.92 Å². The Hall–Kier alpha value is -1.60. The van der Waals surface area contributed by atoms with Crippen molar-refractivity contribution in [3.63, 3.8) is 0 Å². The van der Waals surface area contributed by atoms with Crippen LogP contribution in [0.4, 0.5) is 0 Å². The van der Waals surface area contributed by atoms with E-state index >= 15 is 0 Å². The molecule has 0 aliphatic carbocycles. The smallest absolute Gasteiger partial charge is 0.223 e. The lowest BCUT2D eigenvalue weighted by molar-refractivity contribution is -0.127. The van der Waals surface area contributed by atoms with Gasteiger partial charge in [-0.2, -0.15) is 0 Å². The Morgan fingerprint density at radius 1 is 1.24 bits per heavy atom. The van der Waals surface area contributed by atoms with E-state index in [2.05, 4.69) is 5.32 Å². The molecule has 0 spiro atoms. The summed E-state index contributed by atoms with van der Waals surface area (Å²) in [4.78, 5) is 12.7. The molecule has 1 atom stereocenters. The zero-order valence-electron chi connectivity index (χ0n) is 15.0. The fourth-order valence-electron chi connectivity index (χ4n) is 3.67. The van der Waals surface area contributed by atoms with Gasteiger partial charge in [-0.3, -0.25) is 4.79 Å². The summed E-state index contributed by atoms with van der Waals surface area (Å²) in [5, 5.41) is 3.17. The Labute approximate surface area is 149 Å². The van der Waals surface area contributed by atoms with Crippen molar-refractivity contribution in [2.45, 2.75) is 44.8 Å². The fraction of sp³-hybridized carbons (Fsp3) is 0.611. The van der Waals surface area contributed by atoms with Crippen LogP contribution in [0.2, 0.25) is 0 Å². The molecule has 7 heteroatoms. The first kappa shape index (κ1) is 18.2. The quantitative estimate of drug-likeness (QED) is 0.889. The standard InChI is InChI=1S/C18H26N2O4S/c1-18(2)12-15(14-6-4-5-7-16(14)24-18)19-17(21)13-8-10-20(11-9-13)25(3,22)23/h4-7,13,15H,8-12H2,1-3H3,(H,19,21)/t15-/m1/s1. The van der Waals surface area contributed by atoms with Crippen molar-refractivity contribution in [2.75, 3.05) is 19.3 Å². The molecule has 6 nitrogen and oxygen atoms in total. The van der Waals surface area contributed by atoms with Gasteiger partial charge in [0.05, 0.1) is 12.3 Å². The zero-order chi connectivity index (χ0) is 18.2. The summed E-state index contributed by atoms with van der Waals surface area (Å²) in [6.07, 6.45) is 3.05. The highest BCUT2D eigenvalue weighted by atomic mass is 32.2. The molecule has 0 aromatic heterocycles. The number of hydrogen-bond acceptors (Lipinski definition) is 4. The van der Waals surface area contributed by atoms with Gasteiger partial charge in [-0.25, -0.2) is 12.7 Å². The minimum atomic E-state index is -3.17. The van der Waals surface area contributed by atoms with Crippen LogP contribution in [0.3, 0.4) is 0 Å². The van der Waals surface area contributed by atoms with Gasteiger partial charge in [0.2, 0.25) is 15.9 Å². The summed E-state index contributed by atoms with van der Waals surface area (Å²) in [5.74, 6) is 0.678. The largest absolute Gasteiger partial charge is 0.487 e. The Kier molecular flexibility index (Phi) is 4.81. The SMILES string of the molecule is CC1(C)C[C@@H](NC(=O)C2CCN(S(C)(=O)=O)CC2)c2ccccc2O1. The number of carbonyl (C=O) groups is 1. The molecule has 1 saturated heterocycles. The van der Waals surface area contributed by atoms with E-state index < -0.39 is 10.0 Å². The van der Waals surface area contributed by atoms with Gasteiger partial charge in [0.1, 0.15) is 11.4 Å². The third-order valence-corrected chi connectivity index (χ3v) is 6.29. The predicted molar refractivity (Wildman–Crippen MR) is 95.8 cm³/mol. The van der Waals surface area contributed by atoms with Crippen molar-refractivity contribution in [3.8, 4) is 5.75 Å². The number of fused-ring (bicyclic) bond motifs is 1. The summed E-state index contributed by atoms with van der Waals surface area (Å²) >= 11 is 0. The molecule has 0 unspecified atom stereocenters. The van der Waals surface area contributed by atoms with E-state index in [4.69, 9.17) is 4.74 Å². The number of rotatable bonds is 3. The van der Waals surface area contributed by atoms with E-state index in [0.717, 1.165) is 11.3 Å². The average Bonchev–Trinajstić information content (AvgIpc) is 2.53. The van der Waals surface area contributed by atoms with Crippen molar-refractivity contribution in [1.29, 1.82) is 0 Å². The number of ether oxygens (including phenoxy) is 1. The van der Waals surface area contributed by atoms with Gasteiger partial charge < -0.3 is 10.1 Å². The number of piperidine rings is 1. The molecule has 2 aliphatic rings. The predicted octanol–water partition coefficient (Wildman–Crippen LogP) is 2.08. The van der Waals surface area contributed by atoms with Crippen LogP contribution in [0.1, 0.15) is 44.7 Å². The van der Waals surface area contributed by atoms with Gasteiger partial charge >= 0.3 is 0 Å². The maximum Gasteiger partial charge on any atom is 0.223 e. The molecule has 25 heavy (non-hydrogen) atoms. The molecule has 0 radical (unpaired) electrons. The number of sulfonamides is 1. The molecule has 1 amide bonds. The van der Waals surface area contributed by atoms with E-state index in [1.807, 2.05) is 38.1 Å². The number of nitrogens with one attached hydrogen (secondary N) is 1. The molecule has 0 bridgehead atoms. The highest BCUT2D eigenvalue weighted by molar-refractivity contribution is 7.88. The summed E-state index contributed by atoms with van der Waals surface area (Å²) in [6, 6.07) is 7.71. The molecule has 0 saturated carbocycles. The Morgan fingerprint density at radius 2 is 1.88 bits per heavy atom. The van der Waals surface area contributed by atoms with E-state index in [1.165, 1.54) is 10.6 Å². The maximum absolute atomic E-state index is 12.7. The summed E-state index contributed by atoms with van der Waals surface area (Å²) < 4.78 is 30.7. The van der Waals surface area contributed by atoms with Crippen molar-refractivity contribution in [3.05, 3.63) is 29.8 Å². The highest BCUT2D eigenvalue weighted by Gasteiger charge is 2.36. The topological polar surface area (TPSA) is 75.7 Å². The average molecular weight is 366 g/mol. The van der Waals surface area contributed by atoms with Gasteiger partial charge in [0.15, 0.2) is 0 Å². The second kappa shape index (κ2) is 6.61. The monoisotopic (exact) mass is 366 g/mol. The molecule has 1 fully saturated rings. The molecule has 2 aliphatic heterocycles. The zero-order valence-corrected chi connectivity index (χ0v) is 15.8. The number of para-hydroxylation sites is 1. The lowest BCUT2D eigenvalue weighted by Gasteiger charge is -2.38. The maximum atomic E-state index is 12.7. The lowest BCUT2D eigenvalue weighted by Crippen LogP contribution is -2.46. The van der Waals surface area contributed by atoms with E-state index in [0.29, 0.717) is 32.4 Å². The van der Waals surface area contributed by atoms with E-state index in [1.54, 1.807) is 0 Å². The van der Waals surface area contributed by atoms with E-state index in [9.17, 15) is 13.2 Å². The van der Waals surface area contributed by atoms with Gasteiger partial charge in [-0.05, 0) is 32.8 Å². The molecule has 138 valence electrons. The fourth-order valence-corrected chi connectivity index (χ4v) is 4.54. The minimum absolute atomic E-state index is 0.00524. The van der Waals surface area contributed by atoms with Gasteiger partial charge in [-0.15, -0.1) is 0 Å². The van der Waals surface area contributed by atoms with Crippen LogP contribution in [0.5, 0.6) is 5.75 Å². The lowest BCUT2D eigenvalue weighted by atomic mass is 9.88. The molecular weight excluding hydrogens is 340 g/mol. The summed E-state index contributed by atoms with van der Waals surface area (Å²) in [6.45, 7) is 4.86. The Bertz CT molecular complexity index is 752. The van der Waals surface area contributed by atoms with Crippen molar-refractivity contribution in [2.24, 2.45) is 5.92 Å². The third-order valence-electron chi connectivity index (χ3n) is 4.99. The van der Waals surface area contributed by atoms with Crippen LogP contribution < -0.4 is 10.1 Å². The van der Waals surface area contributed by atoms with Crippen LogP contribution >= 0.6 is 0 Å². The number of amides is 1. The Morgan fingerprint density at radius 3 is 2.52 bits per heavy atom. The van der Waals surface area contributed by atoms with Gasteiger partial charge in [0, 0.05) is 31.0 Å². The molecule has 2 heterocycles. The number of hydrogen-bond donors (Lipinski definition) is 1. The first-order valence-electron chi connectivity index (χ1n) is 8.69. The third kappa shape index (κ3) is 4.15. The second-order valence-electron chi connectivity index (χ2n) is 7.60. The molecule has 1 aromatic rings. The number of benzene rings is 1. The van der Waals surface area contributed by atoms with Crippen LogP contribution in [0.25, 0.3) is 0 Å². The van der Waals surface area contributed by atoms with Crippen molar-refractivity contribution < 1.29 is 17.9 Å². The van der Waals surface area contributed by atoms with Gasteiger partial charge in [-0.1, -0.05) is 18.2 Å². The normalized spacial score (nSPS) is 24.2. The van der Waals surface area contributed by atoms with Crippen LogP contribution in [0.15, 0.2) is 24.3 Å². The van der Waals surface area contributed by atoms with Crippen LogP contribution in [-0.4, -0.2) is 43.6 Å². The molecule has 1 N–H and O–H groups in total. The summed E-state index contributed by atoms with van der Waals surface area (Å²) in [5.41, 5.74) is 0.662. The first-order valence-corrected chi connectivity index (χ1v) is 10.5. The minimum Gasteiger partial charge on any atom is -0.487 e. The number of carbonyl (C=O) groups excluding carboxylic acids is 1. The highest BCUT2D eigenvalue weighted by Crippen LogP contribution is 2.39. The van der Waals surface area contributed by atoms with Crippen LogP contribution in [-0.2, 0) is 14.8 Å². The van der Waals surface area contributed by atoms with E-state index in [-0.39, 0.29) is 23.5 Å². The van der Waals surface area contributed by atoms with Crippen molar-refractivity contribution in [1.82, 2.24) is 9.62 Å². The second-order valence-corrected chi connectivity index (χ2v) is 9.58. The van der Waals surface area contributed by atoms with Crippen molar-refractivity contribution >= 4 is 15.9 Å². The molecular formula is C18H26N2O4S. The first-order chi connectivity index (χ1) is 11.7.